The highest BCUT2D eigenvalue weighted by molar-refractivity contribution is 5.94. The van der Waals surface area contributed by atoms with Gasteiger partial charge < -0.3 is 9.47 Å². The SMILES string of the molecule is COc1ccc(OC)c(/C=N\NC(=O)c2cc(-c3ccccc3)n[nH]2)c1. The van der Waals surface area contributed by atoms with Crippen molar-refractivity contribution >= 4 is 12.1 Å². The maximum absolute atomic E-state index is 12.2. The number of H-pyrrole nitrogens is 1. The smallest absolute Gasteiger partial charge is 0.289 e. The van der Waals surface area contributed by atoms with Gasteiger partial charge in [0.2, 0.25) is 0 Å². The van der Waals surface area contributed by atoms with E-state index in [9.17, 15) is 4.79 Å². The number of methoxy groups -OCH3 is 2. The molecule has 0 aliphatic heterocycles. The van der Waals surface area contributed by atoms with Crippen LogP contribution in [0, 0.1) is 0 Å². The van der Waals surface area contributed by atoms with Crippen LogP contribution in [0.4, 0.5) is 0 Å². The summed E-state index contributed by atoms with van der Waals surface area (Å²) in [6.45, 7) is 0. The summed E-state index contributed by atoms with van der Waals surface area (Å²) in [5, 5.41) is 10.8. The summed E-state index contributed by atoms with van der Waals surface area (Å²) in [6.07, 6.45) is 1.49. The molecule has 1 heterocycles. The predicted molar refractivity (Wildman–Crippen MR) is 98.6 cm³/mol. The number of amides is 1. The van der Waals surface area contributed by atoms with Crippen molar-refractivity contribution in [2.24, 2.45) is 5.10 Å². The predicted octanol–water partition coefficient (Wildman–Crippen LogP) is 2.86. The van der Waals surface area contributed by atoms with Crippen LogP contribution in [0.1, 0.15) is 16.1 Å². The Kier molecular flexibility index (Phi) is 5.28. The summed E-state index contributed by atoms with van der Waals surface area (Å²) < 4.78 is 10.4. The van der Waals surface area contributed by atoms with E-state index in [1.165, 1.54) is 6.21 Å². The van der Waals surface area contributed by atoms with Gasteiger partial charge in [0.25, 0.3) is 5.91 Å². The molecule has 7 heteroatoms. The van der Waals surface area contributed by atoms with Gasteiger partial charge >= 0.3 is 0 Å². The van der Waals surface area contributed by atoms with E-state index in [2.05, 4.69) is 20.7 Å². The molecule has 0 saturated heterocycles. The average molecular weight is 350 g/mol. The highest BCUT2D eigenvalue weighted by Gasteiger charge is 2.10. The zero-order valence-corrected chi connectivity index (χ0v) is 14.4. The van der Waals surface area contributed by atoms with Gasteiger partial charge in [-0.05, 0) is 24.3 Å². The number of ether oxygens (including phenoxy) is 2. The third kappa shape index (κ3) is 3.89. The topological polar surface area (TPSA) is 88.6 Å². The zero-order chi connectivity index (χ0) is 18.4. The van der Waals surface area contributed by atoms with Crippen LogP contribution in [0.3, 0.4) is 0 Å². The second kappa shape index (κ2) is 7.98. The van der Waals surface area contributed by atoms with E-state index in [1.54, 1.807) is 38.5 Å². The van der Waals surface area contributed by atoms with E-state index in [-0.39, 0.29) is 0 Å². The molecule has 26 heavy (non-hydrogen) atoms. The van der Waals surface area contributed by atoms with Crippen molar-refractivity contribution in [3.63, 3.8) is 0 Å². The number of carbonyl (C=O) groups is 1. The molecule has 0 radical (unpaired) electrons. The summed E-state index contributed by atoms with van der Waals surface area (Å²) in [6, 6.07) is 16.6. The first-order valence-electron chi connectivity index (χ1n) is 7.87. The largest absolute Gasteiger partial charge is 0.497 e. The second-order valence-electron chi connectivity index (χ2n) is 5.34. The van der Waals surface area contributed by atoms with E-state index >= 15 is 0 Å². The van der Waals surface area contributed by atoms with E-state index < -0.39 is 5.91 Å². The van der Waals surface area contributed by atoms with Crippen LogP contribution in [0.5, 0.6) is 11.5 Å². The van der Waals surface area contributed by atoms with Gasteiger partial charge in [-0.15, -0.1) is 0 Å². The summed E-state index contributed by atoms with van der Waals surface area (Å²) in [5.74, 6) is 0.897. The third-order valence-corrected chi connectivity index (χ3v) is 3.70. The van der Waals surface area contributed by atoms with Crippen LogP contribution in [0.15, 0.2) is 59.7 Å². The number of aromatic nitrogens is 2. The lowest BCUT2D eigenvalue weighted by Gasteiger charge is -2.06. The fourth-order valence-corrected chi connectivity index (χ4v) is 2.36. The Balaban J connectivity index is 1.70. The van der Waals surface area contributed by atoms with Crippen molar-refractivity contribution in [1.29, 1.82) is 0 Å². The molecule has 0 spiro atoms. The van der Waals surface area contributed by atoms with E-state index in [0.29, 0.717) is 28.5 Å². The van der Waals surface area contributed by atoms with E-state index in [1.807, 2.05) is 30.3 Å². The lowest BCUT2D eigenvalue weighted by atomic mass is 10.1. The van der Waals surface area contributed by atoms with Crippen LogP contribution in [-0.4, -0.2) is 36.5 Å². The lowest BCUT2D eigenvalue weighted by Crippen LogP contribution is -2.18. The number of carbonyl (C=O) groups excluding carboxylic acids is 1. The van der Waals surface area contributed by atoms with Crippen LogP contribution in [0.2, 0.25) is 0 Å². The monoisotopic (exact) mass is 350 g/mol. The minimum Gasteiger partial charge on any atom is -0.497 e. The minimum absolute atomic E-state index is 0.318. The van der Waals surface area contributed by atoms with Crippen LogP contribution < -0.4 is 14.9 Å². The van der Waals surface area contributed by atoms with Gasteiger partial charge in [-0.2, -0.15) is 10.2 Å². The molecule has 0 aliphatic carbocycles. The molecule has 2 N–H and O–H groups in total. The summed E-state index contributed by atoms with van der Waals surface area (Å²) >= 11 is 0. The molecule has 2 aromatic carbocycles. The molecular weight excluding hydrogens is 332 g/mol. The van der Waals surface area contributed by atoms with Crippen molar-refractivity contribution in [3.8, 4) is 22.8 Å². The molecule has 1 aromatic heterocycles. The molecule has 132 valence electrons. The van der Waals surface area contributed by atoms with Crippen molar-refractivity contribution < 1.29 is 14.3 Å². The van der Waals surface area contributed by atoms with Crippen molar-refractivity contribution in [2.45, 2.75) is 0 Å². The number of hydrazone groups is 1. The average Bonchev–Trinajstić information content (AvgIpc) is 3.19. The molecule has 3 aromatic rings. The maximum Gasteiger partial charge on any atom is 0.289 e. The first kappa shape index (κ1) is 17.2. The van der Waals surface area contributed by atoms with Crippen molar-refractivity contribution in [1.82, 2.24) is 15.6 Å². The molecule has 3 rings (SSSR count). The number of nitrogens with zero attached hydrogens (tertiary/aromatic N) is 2. The number of hydrogen-bond donors (Lipinski definition) is 2. The van der Waals surface area contributed by atoms with Gasteiger partial charge in [0, 0.05) is 11.1 Å². The fraction of sp³-hybridized carbons (Fsp3) is 0.105. The summed E-state index contributed by atoms with van der Waals surface area (Å²) in [7, 11) is 3.14. The molecule has 0 saturated carbocycles. The number of hydrogen-bond acceptors (Lipinski definition) is 5. The van der Waals surface area contributed by atoms with E-state index in [4.69, 9.17) is 9.47 Å². The highest BCUT2D eigenvalue weighted by Crippen LogP contribution is 2.22. The van der Waals surface area contributed by atoms with Crippen LogP contribution in [-0.2, 0) is 0 Å². The Morgan fingerprint density at radius 3 is 2.65 bits per heavy atom. The third-order valence-electron chi connectivity index (χ3n) is 3.70. The summed E-state index contributed by atoms with van der Waals surface area (Å²) in [5.41, 5.74) is 5.08. The molecule has 7 nitrogen and oxygen atoms in total. The maximum atomic E-state index is 12.2. The van der Waals surface area contributed by atoms with Gasteiger partial charge in [-0.25, -0.2) is 5.43 Å². The second-order valence-corrected chi connectivity index (χ2v) is 5.34. The van der Waals surface area contributed by atoms with Gasteiger partial charge in [0.1, 0.15) is 17.2 Å². The molecule has 0 aliphatic rings. The fourth-order valence-electron chi connectivity index (χ4n) is 2.36. The van der Waals surface area contributed by atoms with Crippen molar-refractivity contribution in [2.75, 3.05) is 14.2 Å². The Morgan fingerprint density at radius 2 is 1.92 bits per heavy atom. The Morgan fingerprint density at radius 1 is 1.12 bits per heavy atom. The molecule has 1 amide bonds. The molecule has 0 atom stereocenters. The Labute approximate surface area is 150 Å². The van der Waals surface area contributed by atoms with Gasteiger partial charge in [0.05, 0.1) is 26.1 Å². The summed E-state index contributed by atoms with van der Waals surface area (Å²) in [4.78, 5) is 12.2. The normalized spacial score (nSPS) is 10.7. The standard InChI is InChI=1S/C19H18N4O3/c1-25-15-8-9-18(26-2)14(10-15)12-20-23-19(24)17-11-16(21-22-17)13-6-4-3-5-7-13/h3-12H,1-2H3,(H,21,22)(H,23,24)/b20-12-. The quantitative estimate of drug-likeness (QED) is 0.528. The first-order valence-corrected chi connectivity index (χ1v) is 7.87. The van der Waals surface area contributed by atoms with Gasteiger partial charge in [-0.1, -0.05) is 30.3 Å². The van der Waals surface area contributed by atoms with Crippen molar-refractivity contribution in [3.05, 3.63) is 65.9 Å². The minimum atomic E-state index is -0.391. The zero-order valence-electron chi connectivity index (χ0n) is 14.4. The van der Waals surface area contributed by atoms with Gasteiger partial charge in [-0.3, -0.25) is 9.89 Å². The highest BCUT2D eigenvalue weighted by atomic mass is 16.5. The first-order chi connectivity index (χ1) is 12.7. The molecular formula is C19H18N4O3. The molecule has 0 unspecified atom stereocenters. The van der Waals surface area contributed by atoms with Gasteiger partial charge in [0.15, 0.2) is 0 Å². The van der Waals surface area contributed by atoms with Crippen LogP contribution >= 0.6 is 0 Å². The number of benzene rings is 2. The van der Waals surface area contributed by atoms with Crippen LogP contribution in [0.25, 0.3) is 11.3 Å². The molecule has 0 fully saturated rings. The Hall–Kier alpha value is -3.61. The Bertz CT molecular complexity index is 920. The lowest BCUT2D eigenvalue weighted by molar-refractivity contribution is 0.0950. The number of nitrogens with one attached hydrogen (secondary N) is 2. The van der Waals surface area contributed by atoms with E-state index in [0.717, 1.165) is 5.56 Å². The number of rotatable bonds is 6. The molecule has 0 bridgehead atoms. The number of aromatic amines is 1.